The summed E-state index contributed by atoms with van der Waals surface area (Å²) in [5.41, 5.74) is -0.898. The van der Waals surface area contributed by atoms with Gasteiger partial charge in [0.1, 0.15) is 10.7 Å². The van der Waals surface area contributed by atoms with Gasteiger partial charge in [-0.2, -0.15) is 0 Å². The van der Waals surface area contributed by atoms with Crippen LogP contribution in [-0.2, 0) is 16.5 Å². The van der Waals surface area contributed by atoms with Crippen LogP contribution < -0.4 is 4.90 Å². The summed E-state index contributed by atoms with van der Waals surface area (Å²) in [4.78, 5) is 22.9. The smallest absolute Gasteiger partial charge is 0.299 e. The Bertz CT molecular complexity index is 625. The van der Waals surface area contributed by atoms with Gasteiger partial charge in [-0.3, -0.25) is 20.2 Å². The first-order valence-electron chi connectivity index (χ1n) is 7.14. The summed E-state index contributed by atoms with van der Waals surface area (Å²) in [6.45, 7) is 4.61. The van der Waals surface area contributed by atoms with Gasteiger partial charge in [0.25, 0.3) is 11.4 Å². The molecule has 0 aliphatic rings. The summed E-state index contributed by atoms with van der Waals surface area (Å²) in [5.74, 6) is -0.473. The predicted molar refractivity (Wildman–Crippen MR) is 86.6 cm³/mol. The standard InChI is InChI=1S/C13H19N3O6S/c1-3-5-14(6-4-2)13-11(15(17)18)7-10(9-23(21)22)8-12(13)16(19)20/h7-8,23H,3-6,9H2,1-2H3. The lowest BCUT2D eigenvalue weighted by Crippen LogP contribution is -2.26. The van der Waals surface area contributed by atoms with E-state index < -0.39 is 37.7 Å². The van der Waals surface area contributed by atoms with Crippen molar-refractivity contribution in [2.24, 2.45) is 0 Å². The molecule has 0 fully saturated rings. The molecular formula is C13H19N3O6S. The molecule has 0 saturated heterocycles. The second kappa shape index (κ2) is 8.42. The Balaban J connectivity index is 3.62. The van der Waals surface area contributed by atoms with Crippen LogP contribution in [0.2, 0.25) is 0 Å². The Kier molecular flexibility index (Phi) is 6.89. The Morgan fingerprint density at radius 1 is 1.00 bits per heavy atom. The summed E-state index contributed by atoms with van der Waals surface area (Å²) >= 11 is 0. The van der Waals surface area contributed by atoms with Crippen molar-refractivity contribution < 1.29 is 18.3 Å². The molecule has 0 aliphatic carbocycles. The van der Waals surface area contributed by atoms with E-state index in [1.165, 1.54) is 0 Å². The van der Waals surface area contributed by atoms with Crippen LogP contribution in [0.25, 0.3) is 0 Å². The van der Waals surface area contributed by atoms with Crippen LogP contribution in [0.3, 0.4) is 0 Å². The molecule has 0 saturated carbocycles. The number of rotatable bonds is 9. The molecule has 0 spiro atoms. The Labute approximate surface area is 135 Å². The molecule has 1 aromatic rings. The van der Waals surface area contributed by atoms with Crippen LogP contribution in [0, 0.1) is 20.2 Å². The van der Waals surface area contributed by atoms with Crippen molar-refractivity contribution in [2.75, 3.05) is 18.0 Å². The molecule has 0 heterocycles. The third-order valence-corrected chi connectivity index (χ3v) is 3.76. The van der Waals surface area contributed by atoms with Crippen LogP contribution >= 0.6 is 0 Å². The minimum Gasteiger partial charge on any atom is -0.360 e. The lowest BCUT2D eigenvalue weighted by atomic mass is 10.1. The van der Waals surface area contributed by atoms with Gasteiger partial charge in [-0.1, -0.05) is 13.8 Å². The highest BCUT2D eigenvalue weighted by atomic mass is 32.2. The van der Waals surface area contributed by atoms with E-state index in [2.05, 4.69) is 0 Å². The van der Waals surface area contributed by atoms with Gasteiger partial charge >= 0.3 is 0 Å². The molecule has 10 heteroatoms. The number of benzene rings is 1. The van der Waals surface area contributed by atoms with E-state index in [1.54, 1.807) is 4.90 Å². The Morgan fingerprint density at radius 3 is 1.74 bits per heavy atom. The first-order valence-corrected chi connectivity index (χ1v) is 8.50. The molecule has 1 rings (SSSR count). The monoisotopic (exact) mass is 345 g/mol. The maximum Gasteiger partial charge on any atom is 0.299 e. The van der Waals surface area contributed by atoms with Crippen LogP contribution in [0.1, 0.15) is 32.3 Å². The average Bonchev–Trinajstić information content (AvgIpc) is 2.45. The lowest BCUT2D eigenvalue weighted by molar-refractivity contribution is -0.392. The van der Waals surface area contributed by atoms with Gasteiger partial charge in [0.2, 0.25) is 0 Å². The number of hydrogen-bond donors (Lipinski definition) is 1. The normalized spacial score (nSPS) is 10.7. The molecular weight excluding hydrogens is 326 g/mol. The molecule has 9 nitrogen and oxygen atoms in total. The van der Waals surface area contributed by atoms with Gasteiger partial charge in [0.05, 0.1) is 15.6 Å². The highest BCUT2D eigenvalue weighted by molar-refractivity contribution is 7.71. The summed E-state index contributed by atoms with van der Waals surface area (Å²) in [6, 6.07) is 2.21. The van der Waals surface area contributed by atoms with Crippen molar-refractivity contribution in [1.82, 2.24) is 0 Å². The summed E-state index contributed by atoms with van der Waals surface area (Å²) < 4.78 is 21.7. The fourth-order valence-electron chi connectivity index (χ4n) is 2.38. The van der Waals surface area contributed by atoms with Crippen LogP contribution in [-0.4, -0.2) is 31.4 Å². The third kappa shape index (κ3) is 4.88. The van der Waals surface area contributed by atoms with Gasteiger partial charge in [0, 0.05) is 25.2 Å². The molecule has 23 heavy (non-hydrogen) atoms. The van der Waals surface area contributed by atoms with E-state index >= 15 is 0 Å². The number of nitro groups is 2. The van der Waals surface area contributed by atoms with Crippen LogP contribution in [0.5, 0.6) is 0 Å². The van der Waals surface area contributed by atoms with Crippen molar-refractivity contribution in [1.29, 1.82) is 0 Å². The topological polar surface area (TPSA) is 124 Å². The number of hydrogen-bond acceptors (Lipinski definition) is 7. The minimum atomic E-state index is -2.84. The number of thiol groups is 1. The number of nitrogens with zero attached hydrogens (tertiary/aromatic N) is 3. The zero-order valence-corrected chi connectivity index (χ0v) is 13.8. The van der Waals surface area contributed by atoms with E-state index in [4.69, 9.17) is 0 Å². The SMILES string of the molecule is CCCN(CCC)c1c([N+](=O)[O-])cc(C[SH](=O)=O)cc1[N+](=O)[O-]. The zero-order chi connectivity index (χ0) is 17.6. The zero-order valence-electron chi connectivity index (χ0n) is 12.9. The molecule has 0 radical (unpaired) electrons. The van der Waals surface area contributed by atoms with Crippen molar-refractivity contribution in [3.8, 4) is 0 Å². The van der Waals surface area contributed by atoms with Gasteiger partial charge in [-0.05, 0) is 18.4 Å². The number of nitro benzene ring substituents is 2. The summed E-state index contributed by atoms with van der Waals surface area (Å²) in [7, 11) is -2.84. The maximum atomic E-state index is 11.4. The number of anilines is 1. The van der Waals surface area contributed by atoms with Gasteiger partial charge < -0.3 is 4.90 Å². The fraction of sp³-hybridized carbons (Fsp3) is 0.538. The summed E-state index contributed by atoms with van der Waals surface area (Å²) in [6.07, 6.45) is 1.34. The molecule has 0 bridgehead atoms. The molecule has 0 amide bonds. The summed E-state index contributed by atoms with van der Waals surface area (Å²) in [5, 5.41) is 22.7. The Morgan fingerprint density at radius 2 is 1.43 bits per heavy atom. The molecule has 0 aliphatic heterocycles. The van der Waals surface area contributed by atoms with E-state index in [9.17, 15) is 28.6 Å². The largest absolute Gasteiger partial charge is 0.360 e. The molecule has 128 valence electrons. The van der Waals surface area contributed by atoms with Gasteiger partial charge in [-0.15, -0.1) is 0 Å². The highest BCUT2D eigenvalue weighted by Crippen LogP contribution is 2.39. The second-order valence-corrected chi connectivity index (χ2v) is 5.96. The van der Waals surface area contributed by atoms with E-state index in [0.717, 1.165) is 12.1 Å². The van der Waals surface area contributed by atoms with Crippen molar-refractivity contribution in [2.45, 2.75) is 32.4 Å². The van der Waals surface area contributed by atoms with E-state index in [0.29, 0.717) is 25.9 Å². The molecule has 0 aromatic heterocycles. The highest BCUT2D eigenvalue weighted by Gasteiger charge is 2.30. The Hall–Kier alpha value is -2.23. The van der Waals surface area contributed by atoms with Crippen molar-refractivity contribution in [3.05, 3.63) is 37.9 Å². The minimum absolute atomic E-state index is 0.0382. The third-order valence-electron chi connectivity index (χ3n) is 3.14. The van der Waals surface area contributed by atoms with E-state index in [-0.39, 0.29) is 11.3 Å². The van der Waals surface area contributed by atoms with Gasteiger partial charge in [-0.25, -0.2) is 8.42 Å². The molecule has 0 unspecified atom stereocenters. The average molecular weight is 345 g/mol. The van der Waals surface area contributed by atoms with Gasteiger partial charge in [0.15, 0.2) is 5.69 Å². The maximum absolute atomic E-state index is 11.4. The van der Waals surface area contributed by atoms with Crippen molar-refractivity contribution >= 4 is 27.8 Å². The first-order chi connectivity index (χ1) is 10.8. The second-order valence-electron chi connectivity index (χ2n) is 4.97. The van der Waals surface area contributed by atoms with Crippen LogP contribution in [0.4, 0.5) is 17.1 Å². The fourth-order valence-corrected chi connectivity index (χ4v) is 2.86. The molecule has 1 aromatic carbocycles. The first kappa shape index (κ1) is 18.8. The molecule has 0 N–H and O–H groups in total. The quantitative estimate of drug-likeness (QED) is 0.413. The van der Waals surface area contributed by atoms with E-state index in [1.807, 2.05) is 13.8 Å². The lowest BCUT2D eigenvalue weighted by Gasteiger charge is -2.23. The van der Waals surface area contributed by atoms with Crippen molar-refractivity contribution in [3.63, 3.8) is 0 Å². The predicted octanol–water partition coefficient (Wildman–Crippen LogP) is 2.24. The molecule has 0 atom stereocenters. The van der Waals surface area contributed by atoms with Crippen LogP contribution in [0.15, 0.2) is 12.1 Å².